The van der Waals surface area contributed by atoms with Gasteiger partial charge in [0.15, 0.2) is 5.13 Å². The third kappa shape index (κ3) is 4.94. The Morgan fingerprint density at radius 2 is 1.90 bits per heavy atom. The fourth-order valence-corrected chi connectivity index (χ4v) is 6.10. The molecule has 1 saturated heterocycles. The molecule has 0 spiro atoms. The van der Waals surface area contributed by atoms with Crippen LogP contribution in [-0.4, -0.2) is 45.6 Å². The fourth-order valence-electron chi connectivity index (χ4n) is 3.75. The number of nitrogens with zero attached hydrogens (tertiary/aromatic N) is 2. The lowest BCUT2D eigenvalue weighted by Gasteiger charge is -2.30. The van der Waals surface area contributed by atoms with Crippen LogP contribution >= 0.6 is 11.3 Å². The van der Waals surface area contributed by atoms with Gasteiger partial charge in [-0.3, -0.25) is 9.62 Å². The van der Waals surface area contributed by atoms with E-state index in [1.165, 1.54) is 50.0 Å². The number of nitrogens with one attached hydrogen (secondary N) is 1. The second-order valence-corrected chi connectivity index (χ2v) is 10.6. The number of hydrogen-bond acceptors (Lipinski definition) is 7. The first kappa shape index (κ1) is 21.9. The van der Waals surface area contributed by atoms with E-state index in [2.05, 4.69) is 33.7 Å². The van der Waals surface area contributed by atoms with Crippen molar-refractivity contribution in [3.8, 4) is 11.5 Å². The minimum atomic E-state index is -3.89. The quantitative estimate of drug-likeness (QED) is 0.564. The number of benzene rings is 2. The number of sulfonamides is 1. The van der Waals surface area contributed by atoms with Gasteiger partial charge in [0, 0.05) is 12.6 Å². The van der Waals surface area contributed by atoms with E-state index in [1.807, 2.05) is 6.07 Å². The van der Waals surface area contributed by atoms with Crippen LogP contribution in [0.15, 0.2) is 41.3 Å². The lowest BCUT2D eigenvalue weighted by atomic mass is 9.99. The van der Waals surface area contributed by atoms with Crippen molar-refractivity contribution in [1.29, 1.82) is 0 Å². The van der Waals surface area contributed by atoms with Crippen LogP contribution in [0.3, 0.4) is 0 Å². The topological polar surface area (TPSA) is 80.8 Å². The molecule has 0 aliphatic carbocycles. The molecule has 1 fully saturated rings. The number of piperidine rings is 1. The van der Waals surface area contributed by atoms with Crippen molar-refractivity contribution in [3.63, 3.8) is 0 Å². The van der Waals surface area contributed by atoms with Crippen LogP contribution in [0.5, 0.6) is 11.5 Å². The van der Waals surface area contributed by atoms with Crippen molar-refractivity contribution < 1.29 is 17.9 Å². The van der Waals surface area contributed by atoms with Crippen LogP contribution in [0.1, 0.15) is 25.3 Å². The molecule has 0 amide bonds. The number of likely N-dealkylation sites (tertiary alicyclic amines) is 1. The second-order valence-electron chi connectivity index (χ2n) is 7.90. The molecule has 0 radical (unpaired) electrons. The highest BCUT2D eigenvalue weighted by molar-refractivity contribution is 7.93. The first-order chi connectivity index (χ1) is 14.9. The Morgan fingerprint density at radius 3 is 2.61 bits per heavy atom. The number of ether oxygens (including phenoxy) is 2. The molecule has 31 heavy (non-hydrogen) atoms. The summed E-state index contributed by atoms with van der Waals surface area (Å²) in [6.07, 6.45) is 2.48. The number of hydrogen-bond donors (Lipinski definition) is 1. The average Bonchev–Trinajstić information content (AvgIpc) is 3.15. The molecule has 0 atom stereocenters. The molecular formula is C22H27N3O4S2. The van der Waals surface area contributed by atoms with Crippen LogP contribution in [0.2, 0.25) is 0 Å². The largest absolute Gasteiger partial charge is 0.497 e. The smallest absolute Gasteiger partial charge is 0.267 e. The molecular weight excluding hydrogens is 434 g/mol. The van der Waals surface area contributed by atoms with Gasteiger partial charge in [0.1, 0.15) is 16.4 Å². The average molecular weight is 462 g/mol. The third-order valence-corrected chi connectivity index (χ3v) is 8.04. The molecule has 1 aliphatic heterocycles. The molecule has 7 nitrogen and oxygen atoms in total. The molecule has 2 aromatic carbocycles. The summed E-state index contributed by atoms with van der Waals surface area (Å²) in [5.74, 6) is 1.48. The zero-order valence-corrected chi connectivity index (χ0v) is 19.6. The van der Waals surface area contributed by atoms with Gasteiger partial charge in [-0.2, -0.15) is 0 Å². The highest BCUT2D eigenvalue weighted by atomic mass is 32.2. The van der Waals surface area contributed by atoms with Crippen LogP contribution < -0.4 is 14.2 Å². The van der Waals surface area contributed by atoms with Crippen LogP contribution in [-0.2, 0) is 16.6 Å². The van der Waals surface area contributed by atoms with E-state index in [0.717, 1.165) is 35.8 Å². The highest BCUT2D eigenvalue weighted by Crippen LogP contribution is 2.33. The van der Waals surface area contributed by atoms with Gasteiger partial charge in [0.05, 0.1) is 24.4 Å². The maximum Gasteiger partial charge on any atom is 0.267 e. The van der Waals surface area contributed by atoms with E-state index in [1.54, 1.807) is 12.1 Å². The van der Waals surface area contributed by atoms with E-state index in [4.69, 9.17) is 9.47 Å². The van der Waals surface area contributed by atoms with E-state index >= 15 is 0 Å². The zero-order valence-electron chi connectivity index (χ0n) is 17.9. The lowest BCUT2D eigenvalue weighted by Crippen LogP contribution is -2.32. The van der Waals surface area contributed by atoms with Gasteiger partial charge in [-0.15, -0.1) is 0 Å². The Kier molecular flexibility index (Phi) is 6.36. The van der Waals surface area contributed by atoms with Crippen molar-refractivity contribution in [2.24, 2.45) is 5.92 Å². The summed E-state index contributed by atoms with van der Waals surface area (Å²) < 4.78 is 39.9. The second kappa shape index (κ2) is 9.02. The summed E-state index contributed by atoms with van der Waals surface area (Å²) in [5, 5.41) is 0.323. The van der Waals surface area contributed by atoms with Crippen molar-refractivity contribution >= 4 is 36.7 Å². The summed E-state index contributed by atoms with van der Waals surface area (Å²) in [7, 11) is -0.969. The van der Waals surface area contributed by atoms with Crippen LogP contribution in [0.4, 0.5) is 5.13 Å². The fraction of sp³-hybridized carbons (Fsp3) is 0.409. The van der Waals surface area contributed by atoms with Crippen molar-refractivity contribution in [3.05, 3.63) is 42.0 Å². The normalized spacial score (nSPS) is 15.8. The number of methoxy groups -OCH3 is 2. The van der Waals surface area contributed by atoms with Crippen molar-refractivity contribution in [2.45, 2.75) is 31.2 Å². The summed E-state index contributed by atoms with van der Waals surface area (Å²) in [4.78, 5) is 6.94. The van der Waals surface area contributed by atoms with Gasteiger partial charge in [-0.05, 0) is 61.7 Å². The summed E-state index contributed by atoms with van der Waals surface area (Å²) in [6.45, 7) is 5.46. The zero-order chi connectivity index (χ0) is 22.0. The highest BCUT2D eigenvalue weighted by Gasteiger charge is 2.22. The number of fused-ring (bicyclic) bond motifs is 1. The molecule has 1 N–H and O–H groups in total. The van der Waals surface area contributed by atoms with E-state index < -0.39 is 10.0 Å². The van der Waals surface area contributed by atoms with Gasteiger partial charge in [-0.25, -0.2) is 13.4 Å². The monoisotopic (exact) mass is 461 g/mol. The van der Waals surface area contributed by atoms with Crippen LogP contribution in [0.25, 0.3) is 10.2 Å². The Balaban J connectivity index is 1.55. The molecule has 2 heterocycles. The summed E-state index contributed by atoms with van der Waals surface area (Å²) >= 11 is 1.33. The molecule has 1 aromatic heterocycles. The predicted octanol–water partition coefficient (Wildman–Crippen LogP) is 4.35. The number of thiazole rings is 1. The lowest BCUT2D eigenvalue weighted by molar-refractivity contribution is 0.185. The minimum Gasteiger partial charge on any atom is -0.497 e. The summed E-state index contributed by atoms with van der Waals surface area (Å²) in [6, 6.07) is 10.8. The maximum atomic E-state index is 13.0. The van der Waals surface area contributed by atoms with Gasteiger partial charge in [-0.1, -0.05) is 24.3 Å². The molecule has 166 valence electrons. The van der Waals surface area contributed by atoms with Gasteiger partial charge < -0.3 is 9.47 Å². The maximum absolute atomic E-state index is 13.0. The number of anilines is 1. The van der Waals surface area contributed by atoms with E-state index in [0.29, 0.717) is 10.9 Å². The summed E-state index contributed by atoms with van der Waals surface area (Å²) in [5.41, 5.74) is 1.99. The Bertz CT molecular complexity index is 1170. The number of rotatable bonds is 7. The first-order valence-corrected chi connectivity index (χ1v) is 12.5. The van der Waals surface area contributed by atoms with Gasteiger partial charge in [0.25, 0.3) is 10.0 Å². The molecule has 4 rings (SSSR count). The predicted molar refractivity (Wildman–Crippen MR) is 124 cm³/mol. The number of aromatic nitrogens is 1. The molecule has 9 heteroatoms. The third-order valence-electron chi connectivity index (χ3n) is 5.62. The molecule has 0 unspecified atom stereocenters. The van der Waals surface area contributed by atoms with Gasteiger partial charge >= 0.3 is 0 Å². The van der Waals surface area contributed by atoms with Crippen molar-refractivity contribution in [2.75, 3.05) is 32.0 Å². The molecule has 0 bridgehead atoms. The Morgan fingerprint density at radius 1 is 1.13 bits per heavy atom. The Hall–Kier alpha value is -2.36. The van der Waals surface area contributed by atoms with E-state index in [9.17, 15) is 8.42 Å². The first-order valence-electron chi connectivity index (χ1n) is 10.2. The SMILES string of the molecule is COc1ccc(OC)c(S(=O)(=O)Nc2nc3ccc(CN4CCC(C)CC4)cc3s2)c1. The molecule has 1 aliphatic rings. The standard InChI is InChI=1S/C22H27N3O4S2/c1-15-8-10-25(11-9-15)14-16-4-6-18-20(12-16)30-22(23-18)24-31(26,27)21-13-17(28-2)5-7-19(21)29-3/h4-7,12-13,15H,8-11,14H2,1-3H3,(H,23,24). The Labute approximate surface area is 187 Å². The van der Waals surface area contributed by atoms with E-state index in [-0.39, 0.29) is 10.6 Å². The molecule has 0 saturated carbocycles. The minimum absolute atomic E-state index is 0.00798. The van der Waals surface area contributed by atoms with Gasteiger partial charge in [0.2, 0.25) is 0 Å². The van der Waals surface area contributed by atoms with Crippen molar-refractivity contribution in [1.82, 2.24) is 9.88 Å². The van der Waals surface area contributed by atoms with Crippen LogP contribution in [0, 0.1) is 5.92 Å². The molecule has 3 aromatic rings.